The summed E-state index contributed by atoms with van der Waals surface area (Å²) in [5.74, 6) is 0.302. The molecular weight excluding hydrogens is 268 g/mol. The molecule has 1 aliphatic rings. The Bertz CT molecular complexity index is 555. The van der Waals surface area contributed by atoms with Crippen molar-refractivity contribution >= 4 is 32.7 Å². The highest BCUT2D eigenvalue weighted by Crippen LogP contribution is 2.21. The molecule has 0 aliphatic carbocycles. The summed E-state index contributed by atoms with van der Waals surface area (Å²) in [6.45, 7) is 0.419. The topological polar surface area (TPSA) is 72.2 Å². The van der Waals surface area contributed by atoms with Crippen LogP contribution in [0.5, 0.6) is 0 Å². The molecule has 2 rings (SSSR count). The second-order valence-corrected chi connectivity index (χ2v) is 7.26. The van der Waals surface area contributed by atoms with Crippen LogP contribution in [0.4, 0.5) is 5.69 Å². The van der Waals surface area contributed by atoms with Crippen LogP contribution in [-0.4, -0.2) is 31.0 Å². The van der Waals surface area contributed by atoms with E-state index in [0.29, 0.717) is 17.3 Å². The standard InChI is InChI=1S/C12H16N2O2S2/c13-12(17)10-5-1-2-6-11(10)14-8-9-4-3-7-18(9,15)16/h1-2,5-6,9,14H,3-4,7-8H2,(H2,13,17). The van der Waals surface area contributed by atoms with Crippen molar-refractivity contribution in [2.75, 3.05) is 17.6 Å². The summed E-state index contributed by atoms with van der Waals surface area (Å²) >= 11 is 4.96. The van der Waals surface area contributed by atoms with E-state index >= 15 is 0 Å². The molecule has 4 nitrogen and oxygen atoms in total. The van der Waals surface area contributed by atoms with Gasteiger partial charge in [0.05, 0.1) is 11.0 Å². The van der Waals surface area contributed by atoms with Crippen LogP contribution in [0.3, 0.4) is 0 Å². The third kappa shape index (κ3) is 2.81. The molecule has 1 aliphatic heterocycles. The molecule has 0 radical (unpaired) electrons. The van der Waals surface area contributed by atoms with Gasteiger partial charge in [0, 0.05) is 17.8 Å². The fourth-order valence-corrected chi connectivity index (χ4v) is 4.11. The summed E-state index contributed by atoms with van der Waals surface area (Å²) in [6.07, 6.45) is 1.48. The molecule has 1 saturated heterocycles. The largest absolute Gasteiger partial charge is 0.389 e. The smallest absolute Gasteiger partial charge is 0.154 e. The number of hydrogen-bond donors (Lipinski definition) is 2. The molecule has 1 aromatic rings. The van der Waals surface area contributed by atoms with Crippen molar-refractivity contribution in [1.29, 1.82) is 0 Å². The molecule has 0 amide bonds. The van der Waals surface area contributed by atoms with Crippen molar-refractivity contribution in [3.05, 3.63) is 29.8 Å². The molecule has 1 aromatic carbocycles. The van der Waals surface area contributed by atoms with Gasteiger partial charge in [0.2, 0.25) is 0 Å². The van der Waals surface area contributed by atoms with E-state index in [0.717, 1.165) is 24.1 Å². The Balaban J connectivity index is 2.09. The molecule has 1 atom stereocenters. The van der Waals surface area contributed by atoms with Crippen LogP contribution in [0.25, 0.3) is 0 Å². The van der Waals surface area contributed by atoms with Gasteiger partial charge in [0.1, 0.15) is 4.99 Å². The maximum absolute atomic E-state index is 11.7. The Kier molecular flexibility index (Phi) is 3.87. The van der Waals surface area contributed by atoms with E-state index in [4.69, 9.17) is 18.0 Å². The van der Waals surface area contributed by atoms with Gasteiger partial charge in [-0.05, 0) is 25.0 Å². The third-order valence-electron chi connectivity index (χ3n) is 3.18. The summed E-state index contributed by atoms with van der Waals surface area (Å²) in [5, 5.41) is 2.85. The molecular formula is C12H16N2O2S2. The molecule has 1 unspecified atom stereocenters. The van der Waals surface area contributed by atoms with Gasteiger partial charge >= 0.3 is 0 Å². The number of nitrogens with one attached hydrogen (secondary N) is 1. The highest BCUT2D eigenvalue weighted by Gasteiger charge is 2.30. The molecule has 0 bridgehead atoms. The number of para-hydroxylation sites is 1. The van der Waals surface area contributed by atoms with Crippen LogP contribution in [0.1, 0.15) is 18.4 Å². The summed E-state index contributed by atoms with van der Waals surface area (Å²) < 4.78 is 23.4. The molecule has 1 heterocycles. The predicted molar refractivity (Wildman–Crippen MR) is 77.6 cm³/mol. The molecule has 0 aromatic heterocycles. The lowest BCUT2D eigenvalue weighted by Gasteiger charge is -2.14. The monoisotopic (exact) mass is 284 g/mol. The first kappa shape index (κ1) is 13.3. The second kappa shape index (κ2) is 5.24. The summed E-state index contributed by atoms with van der Waals surface area (Å²) in [4.78, 5) is 0.312. The van der Waals surface area contributed by atoms with Gasteiger partial charge in [-0.1, -0.05) is 24.4 Å². The van der Waals surface area contributed by atoms with E-state index in [2.05, 4.69) is 5.32 Å². The number of nitrogens with two attached hydrogens (primary N) is 1. The van der Waals surface area contributed by atoms with Gasteiger partial charge in [0.15, 0.2) is 9.84 Å². The average Bonchev–Trinajstić information content (AvgIpc) is 2.66. The minimum atomic E-state index is -2.92. The van der Waals surface area contributed by atoms with Crippen LogP contribution >= 0.6 is 12.2 Å². The number of hydrogen-bond acceptors (Lipinski definition) is 4. The minimum Gasteiger partial charge on any atom is -0.389 e. The lowest BCUT2D eigenvalue weighted by Crippen LogP contribution is -2.26. The molecule has 18 heavy (non-hydrogen) atoms. The Morgan fingerprint density at radius 2 is 2.17 bits per heavy atom. The van der Waals surface area contributed by atoms with Gasteiger partial charge in [-0.15, -0.1) is 0 Å². The lowest BCUT2D eigenvalue weighted by atomic mass is 10.1. The van der Waals surface area contributed by atoms with Crippen molar-refractivity contribution in [2.45, 2.75) is 18.1 Å². The van der Waals surface area contributed by atoms with E-state index in [1.165, 1.54) is 0 Å². The van der Waals surface area contributed by atoms with E-state index < -0.39 is 9.84 Å². The van der Waals surface area contributed by atoms with Gasteiger partial charge < -0.3 is 11.1 Å². The van der Waals surface area contributed by atoms with E-state index in [-0.39, 0.29) is 5.25 Å². The Labute approximate surface area is 112 Å². The zero-order valence-corrected chi connectivity index (χ0v) is 11.6. The Hall–Kier alpha value is -1.14. The van der Waals surface area contributed by atoms with Crippen molar-refractivity contribution < 1.29 is 8.42 Å². The van der Waals surface area contributed by atoms with E-state index in [9.17, 15) is 8.42 Å². The average molecular weight is 284 g/mol. The van der Waals surface area contributed by atoms with Gasteiger partial charge in [0.25, 0.3) is 0 Å². The zero-order chi connectivity index (χ0) is 13.2. The fraction of sp³-hybridized carbons (Fsp3) is 0.417. The van der Waals surface area contributed by atoms with Crippen LogP contribution in [0.15, 0.2) is 24.3 Å². The highest BCUT2D eigenvalue weighted by molar-refractivity contribution is 7.92. The minimum absolute atomic E-state index is 0.295. The number of sulfone groups is 1. The SMILES string of the molecule is NC(=S)c1ccccc1NCC1CCCS1(=O)=O. The zero-order valence-electron chi connectivity index (χ0n) is 9.93. The van der Waals surface area contributed by atoms with Crippen LogP contribution in [0.2, 0.25) is 0 Å². The van der Waals surface area contributed by atoms with Gasteiger partial charge in [-0.3, -0.25) is 0 Å². The molecule has 1 fully saturated rings. The molecule has 0 spiro atoms. The first-order chi connectivity index (χ1) is 8.50. The first-order valence-electron chi connectivity index (χ1n) is 5.85. The van der Waals surface area contributed by atoms with Gasteiger partial charge in [-0.25, -0.2) is 8.42 Å². The fourth-order valence-electron chi connectivity index (χ4n) is 2.16. The van der Waals surface area contributed by atoms with Crippen molar-refractivity contribution in [1.82, 2.24) is 0 Å². The Morgan fingerprint density at radius 1 is 1.44 bits per heavy atom. The van der Waals surface area contributed by atoms with Crippen LogP contribution in [-0.2, 0) is 9.84 Å². The van der Waals surface area contributed by atoms with Crippen molar-refractivity contribution in [3.8, 4) is 0 Å². The molecule has 3 N–H and O–H groups in total. The lowest BCUT2D eigenvalue weighted by molar-refractivity contribution is 0.591. The maximum atomic E-state index is 11.7. The van der Waals surface area contributed by atoms with Gasteiger partial charge in [-0.2, -0.15) is 0 Å². The van der Waals surface area contributed by atoms with E-state index in [1.54, 1.807) is 0 Å². The second-order valence-electron chi connectivity index (χ2n) is 4.42. The number of rotatable bonds is 4. The quantitative estimate of drug-likeness (QED) is 0.816. The summed E-state index contributed by atoms with van der Waals surface area (Å²) in [7, 11) is -2.92. The highest BCUT2D eigenvalue weighted by atomic mass is 32.2. The summed E-state index contributed by atoms with van der Waals surface area (Å²) in [6, 6.07) is 7.41. The number of anilines is 1. The van der Waals surface area contributed by atoms with Crippen LogP contribution < -0.4 is 11.1 Å². The Morgan fingerprint density at radius 3 is 2.78 bits per heavy atom. The third-order valence-corrected chi connectivity index (χ3v) is 5.67. The predicted octanol–water partition coefficient (Wildman–Crippen LogP) is 1.31. The molecule has 0 saturated carbocycles. The first-order valence-corrected chi connectivity index (χ1v) is 7.97. The van der Waals surface area contributed by atoms with Crippen molar-refractivity contribution in [3.63, 3.8) is 0 Å². The number of benzene rings is 1. The van der Waals surface area contributed by atoms with Crippen LogP contribution in [0, 0.1) is 0 Å². The summed E-state index contributed by atoms with van der Waals surface area (Å²) in [5.41, 5.74) is 7.18. The molecule has 6 heteroatoms. The maximum Gasteiger partial charge on any atom is 0.154 e. The number of thiocarbonyl (C=S) groups is 1. The molecule has 98 valence electrons. The normalized spacial score (nSPS) is 21.7. The van der Waals surface area contributed by atoms with E-state index in [1.807, 2.05) is 24.3 Å². The van der Waals surface area contributed by atoms with Crippen molar-refractivity contribution in [2.24, 2.45) is 5.73 Å².